The van der Waals surface area contributed by atoms with Crippen LogP contribution < -0.4 is 10.6 Å². The van der Waals surface area contributed by atoms with Crippen LogP contribution in [0, 0.1) is 6.92 Å². The molecule has 8 heteroatoms. The Hall–Kier alpha value is -3.16. The van der Waals surface area contributed by atoms with Crippen molar-refractivity contribution in [2.24, 2.45) is 0 Å². The van der Waals surface area contributed by atoms with Crippen molar-refractivity contribution in [1.29, 1.82) is 0 Å². The molecule has 0 spiro atoms. The minimum absolute atomic E-state index is 0.0144. The summed E-state index contributed by atoms with van der Waals surface area (Å²) in [6.07, 6.45) is 8.60. The largest absolute Gasteiger partial charge is 0.350 e. The van der Waals surface area contributed by atoms with E-state index in [-0.39, 0.29) is 42.0 Å². The van der Waals surface area contributed by atoms with Crippen LogP contribution in [0.25, 0.3) is 0 Å². The maximum Gasteiger partial charge on any atom is 0.274 e. The second-order valence-corrected chi connectivity index (χ2v) is 10.2. The number of aryl methyl sites for hydroxylation is 1. The number of hydrogen-bond acceptors (Lipinski definition) is 4. The number of nitrogens with one attached hydrogen (secondary N) is 2. The number of benzene rings is 1. The SMILES string of the molecule is Cc1ccc(CNC(=O)[C@@]2(C)Cn3cnc(C(=O)NC4CCCCC4)c3C(=O)N2C2CC2)cc1. The van der Waals surface area contributed by atoms with E-state index in [0.29, 0.717) is 12.2 Å². The molecule has 2 saturated carbocycles. The maximum atomic E-state index is 13.7. The number of amides is 3. The molecule has 1 aromatic carbocycles. The second kappa shape index (κ2) is 8.89. The fourth-order valence-corrected chi connectivity index (χ4v) is 5.30. The number of carbonyl (C=O) groups is 3. The van der Waals surface area contributed by atoms with E-state index in [1.165, 1.54) is 12.7 Å². The molecule has 180 valence electrons. The number of rotatable bonds is 6. The Kier molecular flexibility index (Phi) is 5.91. The zero-order valence-corrected chi connectivity index (χ0v) is 20.0. The van der Waals surface area contributed by atoms with E-state index >= 15 is 0 Å². The number of fused-ring (bicyclic) bond motifs is 1. The molecule has 0 saturated heterocycles. The molecule has 0 unspecified atom stereocenters. The molecule has 8 nitrogen and oxygen atoms in total. The Morgan fingerprint density at radius 3 is 2.47 bits per heavy atom. The van der Waals surface area contributed by atoms with Crippen LogP contribution in [-0.2, 0) is 17.9 Å². The molecule has 34 heavy (non-hydrogen) atoms. The van der Waals surface area contributed by atoms with Crippen LogP contribution in [0.4, 0.5) is 0 Å². The number of nitrogens with zero attached hydrogens (tertiary/aromatic N) is 3. The van der Waals surface area contributed by atoms with Crippen molar-refractivity contribution in [1.82, 2.24) is 25.1 Å². The Morgan fingerprint density at radius 2 is 1.79 bits per heavy atom. The Bertz CT molecular complexity index is 1100. The summed E-state index contributed by atoms with van der Waals surface area (Å²) >= 11 is 0. The van der Waals surface area contributed by atoms with Gasteiger partial charge in [0.25, 0.3) is 11.8 Å². The minimum atomic E-state index is -1.05. The summed E-state index contributed by atoms with van der Waals surface area (Å²) in [5.41, 5.74) is 1.59. The molecule has 2 aliphatic carbocycles. The van der Waals surface area contributed by atoms with E-state index in [1.54, 1.807) is 9.47 Å². The van der Waals surface area contributed by atoms with Crippen molar-refractivity contribution in [3.63, 3.8) is 0 Å². The molecular formula is C26H33N5O3. The third-order valence-corrected chi connectivity index (χ3v) is 7.40. The highest BCUT2D eigenvalue weighted by molar-refractivity contribution is 6.07. The summed E-state index contributed by atoms with van der Waals surface area (Å²) < 4.78 is 1.68. The Labute approximate surface area is 200 Å². The van der Waals surface area contributed by atoms with Gasteiger partial charge in [-0.25, -0.2) is 4.98 Å². The maximum absolute atomic E-state index is 13.7. The predicted molar refractivity (Wildman–Crippen MR) is 127 cm³/mol. The van der Waals surface area contributed by atoms with Gasteiger partial charge in [0.15, 0.2) is 5.69 Å². The molecule has 1 aromatic heterocycles. The summed E-state index contributed by atoms with van der Waals surface area (Å²) in [6, 6.07) is 8.17. The fourth-order valence-electron chi connectivity index (χ4n) is 5.30. The van der Waals surface area contributed by atoms with Crippen LogP contribution in [0.2, 0.25) is 0 Å². The van der Waals surface area contributed by atoms with Gasteiger partial charge in [0.1, 0.15) is 11.2 Å². The lowest BCUT2D eigenvalue weighted by molar-refractivity contribution is -0.133. The van der Waals surface area contributed by atoms with Gasteiger partial charge in [0.2, 0.25) is 5.91 Å². The predicted octanol–water partition coefficient (Wildman–Crippen LogP) is 2.95. The number of hydrogen-bond donors (Lipinski definition) is 2. The molecule has 3 amide bonds. The van der Waals surface area contributed by atoms with Crippen LogP contribution in [0.1, 0.15) is 84.0 Å². The number of carbonyl (C=O) groups excluding carboxylic acids is 3. The average Bonchev–Trinajstić information content (AvgIpc) is 3.56. The van der Waals surface area contributed by atoms with Crippen molar-refractivity contribution in [3.8, 4) is 0 Å². The molecule has 1 atom stereocenters. The van der Waals surface area contributed by atoms with Gasteiger partial charge in [-0.1, -0.05) is 49.1 Å². The van der Waals surface area contributed by atoms with E-state index < -0.39 is 5.54 Å². The molecule has 2 N–H and O–H groups in total. The van der Waals surface area contributed by atoms with Crippen LogP contribution in [0.3, 0.4) is 0 Å². The van der Waals surface area contributed by atoms with Gasteiger partial charge in [0.05, 0.1) is 12.9 Å². The standard InChI is InChI=1S/C26H33N5O3/c1-17-8-10-18(11-9-17)14-27-25(34)26(2)15-30-16-28-21(22(30)24(33)31(26)20-12-13-20)23(32)29-19-6-4-3-5-7-19/h8-11,16,19-20H,3-7,12-15H2,1-2H3,(H,27,34)(H,29,32)/t26-/m1/s1. The molecule has 1 aliphatic heterocycles. The van der Waals surface area contributed by atoms with E-state index in [4.69, 9.17) is 0 Å². The first-order chi connectivity index (χ1) is 16.4. The highest BCUT2D eigenvalue weighted by Gasteiger charge is 2.53. The molecule has 0 radical (unpaired) electrons. The Morgan fingerprint density at radius 1 is 1.09 bits per heavy atom. The van der Waals surface area contributed by atoms with Gasteiger partial charge >= 0.3 is 0 Å². The van der Waals surface area contributed by atoms with Crippen LogP contribution in [0.5, 0.6) is 0 Å². The molecule has 5 rings (SSSR count). The van der Waals surface area contributed by atoms with Crippen molar-refractivity contribution < 1.29 is 14.4 Å². The van der Waals surface area contributed by atoms with Gasteiger partial charge in [-0.3, -0.25) is 14.4 Å². The molecule has 2 aromatic rings. The summed E-state index contributed by atoms with van der Waals surface area (Å²) in [4.78, 5) is 46.2. The van der Waals surface area contributed by atoms with Crippen LogP contribution in [0.15, 0.2) is 30.6 Å². The fraction of sp³-hybridized carbons (Fsp3) is 0.538. The van der Waals surface area contributed by atoms with E-state index in [0.717, 1.165) is 49.7 Å². The lowest BCUT2D eigenvalue weighted by Gasteiger charge is -2.44. The van der Waals surface area contributed by atoms with Gasteiger partial charge in [-0.05, 0) is 45.1 Å². The van der Waals surface area contributed by atoms with Gasteiger partial charge in [-0.2, -0.15) is 0 Å². The number of imidazole rings is 1. The summed E-state index contributed by atoms with van der Waals surface area (Å²) in [5, 5.41) is 6.10. The molecule has 2 heterocycles. The van der Waals surface area contributed by atoms with Crippen molar-refractivity contribution in [2.75, 3.05) is 0 Å². The van der Waals surface area contributed by atoms with Gasteiger partial charge in [-0.15, -0.1) is 0 Å². The third kappa shape index (κ3) is 4.21. The monoisotopic (exact) mass is 463 g/mol. The highest BCUT2D eigenvalue weighted by atomic mass is 16.2. The smallest absolute Gasteiger partial charge is 0.274 e. The quantitative estimate of drug-likeness (QED) is 0.688. The molecule has 0 bridgehead atoms. The van der Waals surface area contributed by atoms with E-state index in [9.17, 15) is 14.4 Å². The summed E-state index contributed by atoms with van der Waals surface area (Å²) in [7, 11) is 0. The zero-order chi connectivity index (χ0) is 23.9. The Balaban J connectivity index is 1.37. The topological polar surface area (TPSA) is 96.3 Å². The van der Waals surface area contributed by atoms with E-state index in [2.05, 4.69) is 15.6 Å². The lowest BCUT2D eigenvalue weighted by Crippen LogP contribution is -2.64. The molecule has 3 aliphatic rings. The van der Waals surface area contributed by atoms with Crippen molar-refractivity contribution in [2.45, 2.75) is 89.5 Å². The minimum Gasteiger partial charge on any atom is -0.350 e. The zero-order valence-electron chi connectivity index (χ0n) is 20.0. The highest BCUT2D eigenvalue weighted by Crippen LogP contribution is 2.39. The summed E-state index contributed by atoms with van der Waals surface area (Å²) in [6.45, 7) is 4.51. The number of aromatic nitrogens is 2. The van der Waals surface area contributed by atoms with Crippen LogP contribution in [-0.4, -0.2) is 49.8 Å². The van der Waals surface area contributed by atoms with Crippen molar-refractivity contribution >= 4 is 17.7 Å². The first-order valence-electron chi connectivity index (χ1n) is 12.4. The second-order valence-electron chi connectivity index (χ2n) is 10.2. The van der Waals surface area contributed by atoms with Gasteiger partial charge < -0.3 is 20.1 Å². The average molecular weight is 464 g/mol. The lowest BCUT2D eigenvalue weighted by atomic mass is 9.93. The third-order valence-electron chi connectivity index (χ3n) is 7.40. The molecular weight excluding hydrogens is 430 g/mol. The first-order valence-corrected chi connectivity index (χ1v) is 12.4. The van der Waals surface area contributed by atoms with E-state index in [1.807, 2.05) is 38.1 Å². The van der Waals surface area contributed by atoms with Gasteiger partial charge in [0, 0.05) is 18.6 Å². The molecule has 2 fully saturated rings. The van der Waals surface area contributed by atoms with Crippen molar-refractivity contribution in [3.05, 3.63) is 53.1 Å². The normalized spacial score (nSPS) is 22.9. The van der Waals surface area contributed by atoms with Crippen LogP contribution >= 0.6 is 0 Å². The first kappa shape index (κ1) is 22.6. The summed E-state index contributed by atoms with van der Waals surface area (Å²) in [5.74, 6) is -0.772.